The predicted octanol–water partition coefficient (Wildman–Crippen LogP) is 1.92. The van der Waals surface area contributed by atoms with Gasteiger partial charge in [0.2, 0.25) is 0 Å². The maximum Gasteiger partial charge on any atom is 0.407 e. The van der Waals surface area contributed by atoms with Crippen LogP contribution in [-0.2, 0) is 4.74 Å². The molecule has 5 heteroatoms. The summed E-state index contributed by atoms with van der Waals surface area (Å²) in [5.74, 6) is 0.708. The van der Waals surface area contributed by atoms with E-state index >= 15 is 0 Å². The summed E-state index contributed by atoms with van der Waals surface area (Å²) < 4.78 is 9.96. The summed E-state index contributed by atoms with van der Waals surface area (Å²) in [5.41, 5.74) is 0. The van der Waals surface area contributed by atoms with E-state index in [1.54, 1.807) is 12.1 Å². The minimum atomic E-state index is -0.531. The molecule has 0 aromatic carbocycles. The third-order valence-corrected chi connectivity index (χ3v) is 1.73. The Balaban J connectivity index is 2.58. The molecule has 1 aromatic rings. The van der Waals surface area contributed by atoms with Crippen molar-refractivity contribution in [3.8, 4) is 0 Å². The first-order valence-corrected chi connectivity index (χ1v) is 4.29. The van der Waals surface area contributed by atoms with Crippen LogP contribution in [0, 0.1) is 0 Å². The average Bonchev–Trinajstić information content (AvgIpc) is 2.66. The Bertz CT molecular complexity index is 260. The van der Waals surface area contributed by atoms with Gasteiger partial charge in [-0.25, -0.2) is 4.79 Å². The molecule has 1 amide bonds. The molecule has 0 fully saturated rings. The number of carbonyl (C=O) groups excluding carboxylic acids is 1. The van der Waals surface area contributed by atoms with Crippen LogP contribution in [0.15, 0.2) is 22.8 Å². The quantitative estimate of drug-likeness (QED) is 0.764. The van der Waals surface area contributed by atoms with E-state index in [0.29, 0.717) is 5.76 Å². The lowest BCUT2D eigenvalue weighted by Gasteiger charge is -2.11. The highest BCUT2D eigenvalue weighted by Gasteiger charge is 2.16. The second-order valence-corrected chi connectivity index (χ2v) is 2.62. The lowest BCUT2D eigenvalue weighted by molar-refractivity contribution is 0.0984. The number of halogens is 1. The number of alkyl halides is 1. The lowest BCUT2D eigenvalue weighted by Crippen LogP contribution is -2.22. The first kappa shape index (κ1) is 9.92. The van der Waals surface area contributed by atoms with Crippen LogP contribution in [0.3, 0.4) is 0 Å². The monoisotopic (exact) mass is 203 g/mol. The summed E-state index contributed by atoms with van der Waals surface area (Å²) >= 11 is 5.60. The molecule has 0 saturated carbocycles. The van der Waals surface area contributed by atoms with Gasteiger partial charge in [0, 0.05) is 7.05 Å². The number of nitrogens with one attached hydrogen (secondary N) is 1. The van der Waals surface area contributed by atoms with Crippen LogP contribution in [-0.4, -0.2) is 19.0 Å². The van der Waals surface area contributed by atoms with Crippen molar-refractivity contribution in [2.45, 2.75) is 6.10 Å². The van der Waals surface area contributed by atoms with Gasteiger partial charge < -0.3 is 14.5 Å². The zero-order valence-corrected chi connectivity index (χ0v) is 7.88. The number of furan rings is 1. The third kappa shape index (κ3) is 2.66. The maximum atomic E-state index is 10.8. The van der Waals surface area contributed by atoms with Gasteiger partial charge in [-0.05, 0) is 12.1 Å². The van der Waals surface area contributed by atoms with E-state index < -0.39 is 12.2 Å². The van der Waals surface area contributed by atoms with Gasteiger partial charge in [0.15, 0.2) is 6.10 Å². The van der Waals surface area contributed by atoms with Gasteiger partial charge >= 0.3 is 6.09 Å². The summed E-state index contributed by atoms with van der Waals surface area (Å²) in [6, 6.07) is 3.41. The smallest absolute Gasteiger partial charge is 0.407 e. The predicted molar refractivity (Wildman–Crippen MR) is 47.7 cm³/mol. The second-order valence-electron chi connectivity index (χ2n) is 2.31. The van der Waals surface area contributed by atoms with Gasteiger partial charge in [0.05, 0.1) is 12.1 Å². The highest BCUT2D eigenvalue weighted by Crippen LogP contribution is 2.19. The highest BCUT2D eigenvalue weighted by molar-refractivity contribution is 6.18. The van der Waals surface area contributed by atoms with E-state index in [1.165, 1.54) is 13.3 Å². The first-order chi connectivity index (χ1) is 6.27. The molecule has 0 aliphatic carbocycles. The summed E-state index contributed by atoms with van der Waals surface area (Å²) in [6.07, 6.45) is 0.445. The Labute approximate surface area is 80.8 Å². The summed E-state index contributed by atoms with van der Waals surface area (Å²) in [6.45, 7) is 0. The fourth-order valence-corrected chi connectivity index (χ4v) is 1.04. The van der Waals surface area contributed by atoms with E-state index in [2.05, 4.69) is 5.32 Å². The van der Waals surface area contributed by atoms with E-state index in [4.69, 9.17) is 20.8 Å². The molecule has 1 N–H and O–H groups in total. The molecule has 1 unspecified atom stereocenters. The minimum Gasteiger partial charge on any atom is -0.465 e. The SMILES string of the molecule is CNC(=O)OC(CCl)c1ccco1. The van der Waals surface area contributed by atoms with Gasteiger partial charge in [-0.1, -0.05) is 0 Å². The third-order valence-electron chi connectivity index (χ3n) is 1.45. The van der Waals surface area contributed by atoms with Crippen molar-refractivity contribution in [3.05, 3.63) is 24.2 Å². The molecule has 13 heavy (non-hydrogen) atoms. The number of ether oxygens (including phenoxy) is 1. The van der Waals surface area contributed by atoms with Gasteiger partial charge in [0.1, 0.15) is 5.76 Å². The minimum absolute atomic E-state index is 0.168. The van der Waals surface area contributed by atoms with Crippen LogP contribution in [0.5, 0.6) is 0 Å². The number of hydrogen-bond donors (Lipinski definition) is 1. The van der Waals surface area contributed by atoms with Crippen molar-refractivity contribution in [1.29, 1.82) is 0 Å². The fraction of sp³-hybridized carbons (Fsp3) is 0.375. The molecule has 1 aromatic heterocycles. The van der Waals surface area contributed by atoms with Crippen molar-refractivity contribution < 1.29 is 13.9 Å². The number of amides is 1. The zero-order chi connectivity index (χ0) is 9.68. The summed E-state index contributed by atoms with van der Waals surface area (Å²) in [4.78, 5) is 10.8. The molecule has 72 valence electrons. The molecule has 0 spiro atoms. The average molecular weight is 204 g/mol. The summed E-state index contributed by atoms with van der Waals surface area (Å²) in [5, 5.41) is 2.33. The largest absolute Gasteiger partial charge is 0.465 e. The van der Waals surface area contributed by atoms with E-state index in [1.807, 2.05) is 0 Å². The van der Waals surface area contributed by atoms with Crippen LogP contribution in [0.4, 0.5) is 4.79 Å². The number of alkyl carbamates (subject to hydrolysis) is 1. The van der Waals surface area contributed by atoms with Crippen molar-refractivity contribution in [2.75, 3.05) is 12.9 Å². The van der Waals surface area contributed by atoms with Crippen LogP contribution in [0.25, 0.3) is 0 Å². The Morgan fingerprint density at radius 1 is 1.85 bits per heavy atom. The van der Waals surface area contributed by atoms with Crippen LogP contribution in [0.2, 0.25) is 0 Å². The standard InChI is InChI=1S/C8H10ClNO3/c1-10-8(11)13-7(5-9)6-3-2-4-12-6/h2-4,7H,5H2,1H3,(H,10,11). The van der Waals surface area contributed by atoms with Crippen molar-refractivity contribution in [3.63, 3.8) is 0 Å². The molecule has 1 heterocycles. The second kappa shape index (κ2) is 4.77. The molecule has 1 rings (SSSR count). The first-order valence-electron chi connectivity index (χ1n) is 3.75. The molecule has 0 aliphatic heterocycles. The fourth-order valence-electron chi connectivity index (χ4n) is 0.828. The number of rotatable bonds is 3. The Hall–Kier alpha value is -1.16. The molecular formula is C8H10ClNO3. The Kier molecular flexibility index (Phi) is 3.64. The van der Waals surface area contributed by atoms with Gasteiger partial charge in [-0.3, -0.25) is 0 Å². The topological polar surface area (TPSA) is 51.5 Å². The zero-order valence-electron chi connectivity index (χ0n) is 7.12. The molecule has 0 saturated heterocycles. The molecule has 0 radical (unpaired) electrons. The van der Waals surface area contributed by atoms with Crippen LogP contribution >= 0.6 is 11.6 Å². The lowest BCUT2D eigenvalue weighted by atomic mass is 10.3. The molecule has 0 aliphatic rings. The molecular weight excluding hydrogens is 194 g/mol. The van der Waals surface area contributed by atoms with Gasteiger partial charge in [-0.2, -0.15) is 0 Å². The molecule has 0 bridgehead atoms. The van der Waals surface area contributed by atoms with Crippen molar-refractivity contribution >= 4 is 17.7 Å². The number of carbonyl (C=O) groups is 1. The van der Waals surface area contributed by atoms with E-state index in [9.17, 15) is 4.79 Å². The Morgan fingerprint density at radius 3 is 3.08 bits per heavy atom. The maximum absolute atomic E-state index is 10.8. The van der Waals surface area contributed by atoms with Crippen LogP contribution in [0.1, 0.15) is 11.9 Å². The van der Waals surface area contributed by atoms with Crippen LogP contribution < -0.4 is 5.32 Å². The molecule has 4 nitrogen and oxygen atoms in total. The van der Waals surface area contributed by atoms with E-state index in [0.717, 1.165) is 0 Å². The van der Waals surface area contributed by atoms with E-state index in [-0.39, 0.29) is 5.88 Å². The van der Waals surface area contributed by atoms with Crippen molar-refractivity contribution in [2.24, 2.45) is 0 Å². The molecule has 1 atom stereocenters. The Morgan fingerprint density at radius 2 is 2.62 bits per heavy atom. The van der Waals surface area contributed by atoms with Gasteiger partial charge in [0.25, 0.3) is 0 Å². The van der Waals surface area contributed by atoms with Crippen molar-refractivity contribution in [1.82, 2.24) is 5.32 Å². The highest BCUT2D eigenvalue weighted by atomic mass is 35.5. The summed E-state index contributed by atoms with van der Waals surface area (Å²) in [7, 11) is 1.48. The van der Waals surface area contributed by atoms with Gasteiger partial charge in [-0.15, -0.1) is 11.6 Å². The normalized spacial score (nSPS) is 12.2. The number of hydrogen-bond acceptors (Lipinski definition) is 3.